The molecule has 140 valence electrons. The minimum atomic E-state index is -0.479. The molecule has 0 radical (unpaired) electrons. The molecule has 1 aromatic heterocycles. The normalized spacial score (nSPS) is 10.3. The smallest absolute Gasteiger partial charge is 0.269 e. The number of aromatic amines is 1. The summed E-state index contributed by atoms with van der Waals surface area (Å²) in [5, 5.41) is 9.42. The summed E-state index contributed by atoms with van der Waals surface area (Å²) < 4.78 is 0. The lowest BCUT2D eigenvalue weighted by molar-refractivity contribution is -0.115. The van der Waals surface area contributed by atoms with Crippen LogP contribution in [0, 0.1) is 11.3 Å². The third-order valence-electron chi connectivity index (χ3n) is 4.03. The van der Waals surface area contributed by atoms with E-state index in [4.69, 9.17) is 5.26 Å². The van der Waals surface area contributed by atoms with Gasteiger partial charge in [0.2, 0.25) is 5.91 Å². The maximum atomic E-state index is 13.0. The Morgan fingerprint density at radius 1 is 1.11 bits per heavy atom. The van der Waals surface area contributed by atoms with Crippen molar-refractivity contribution in [1.29, 1.82) is 5.26 Å². The van der Waals surface area contributed by atoms with Crippen LogP contribution in [0.4, 0.5) is 11.4 Å². The first-order chi connectivity index (χ1) is 13.6. The predicted octanol–water partition coefficient (Wildman–Crippen LogP) is 3.66. The van der Waals surface area contributed by atoms with E-state index in [1.54, 1.807) is 4.90 Å². The summed E-state index contributed by atoms with van der Waals surface area (Å²) >= 11 is 1.14. The van der Waals surface area contributed by atoms with E-state index in [2.05, 4.69) is 9.97 Å². The monoisotopic (exact) mass is 390 g/mol. The van der Waals surface area contributed by atoms with E-state index in [9.17, 15) is 9.59 Å². The molecule has 28 heavy (non-hydrogen) atoms. The molecule has 3 rings (SSSR count). The first-order valence-corrected chi connectivity index (χ1v) is 9.71. The van der Waals surface area contributed by atoms with Gasteiger partial charge in [-0.1, -0.05) is 55.1 Å². The lowest BCUT2D eigenvalue weighted by Crippen LogP contribution is -2.28. The van der Waals surface area contributed by atoms with Crippen molar-refractivity contribution in [2.24, 2.45) is 0 Å². The Morgan fingerprint density at radius 2 is 1.68 bits per heavy atom. The van der Waals surface area contributed by atoms with Gasteiger partial charge in [0.05, 0.1) is 11.4 Å². The first kappa shape index (κ1) is 19.4. The van der Waals surface area contributed by atoms with E-state index in [0.717, 1.165) is 23.1 Å². The maximum Gasteiger partial charge on any atom is 0.269 e. The van der Waals surface area contributed by atoms with Crippen LogP contribution in [-0.4, -0.2) is 21.6 Å². The Kier molecular flexibility index (Phi) is 6.25. The number of aryl methyl sites for hydroxylation is 1. The summed E-state index contributed by atoms with van der Waals surface area (Å²) in [4.78, 5) is 33.6. The van der Waals surface area contributed by atoms with E-state index in [-0.39, 0.29) is 17.2 Å². The first-order valence-electron chi connectivity index (χ1n) is 8.73. The van der Waals surface area contributed by atoms with Gasteiger partial charge in [0.25, 0.3) is 5.56 Å². The number of thioether (sulfide) groups is 1. The third-order valence-corrected chi connectivity index (χ3v) is 4.89. The fourth-order valence-electron chi connectivity index (χ4n) is 2.72. The summed E-state index contributed by atoms with van der Waals surface area (Å²) in [5.74, 6) is -0.0608. The molecule has 7 heteroatoms. The van der Waals surface area contributed by atoms with Crippen LogP contribution in [0.25, 0.3) is 0 Å². The van der Waals surface area contributed by atoms with Gasteiger partial charge in [-0.05, 0) is 30.7 Å². The second kappa shape index (κ2) is 9.02. The second-order valence-electron chi connectivity index (χ2n) is 5.85. The standard InChI is InChI=1S/C21H18N4O2S/c1-2-18-17(13-22)20(27)24-21(23-18)28-14-19(26)25(15-9-5-3-6-10-15)16-11-7-4-8-12-16/h3-12H,2,14H2,1H3,(H,23,24,27). The van der Waals surface area contributed by atoms with Crippen LogP contribution in [0.1, 0.15) is 18.2 Å². The molecule has 0 bridgehead atoms. The molecule has 0 fully saturated rings. The Balaban J connectivity index is 1.85. The summed E-state index contributed by atoms with van der Waals surface area (Å²) in [6, 6.07) is 20.6. The largest absolute Gasteiger partial charge is 0.300 e. The molecule has 0 aliphatic rings. The molecule has 1 N–H and O–H groups in total. The minimum Gasteiger partial charge on any atom is -0.300 e. The number of benzene rings is 2. The molecule has 1 heterocycles. The molecular weight excluding hydrogens is 372 g/mol. The van der Waals surface area contributed by atoms with Crippen LogP contribution in [0.15, 0.2) is 70.6 Å². The van der Waals surface area contributed by atoms with Gasteiger partial charge in [-0.2, -0.15) is 5.26 Å². The van der Waals surface area contributed by atoms with Crippen molar-refractivity contribution >= 4 is 29.0 Å². The van der Waals surface area contributed by atoms with Crippen molar-refractivity contribution in [2.45, 2.75) is 18.5 Å². The van der Waals surface area contributed by atoms with Gasteiger partial charge in [-0.25, -0.2) is 4.98 Å². The molecule has 0 aliphatic carbocycles. The van der Waals surface area contributed by atoms with Crippen LogP contribution in [0.5, 0.6) is 0 Å². The lowest BCUT2D eigenvalue weighted by atomic mass is 10.2. The number of aromatic nitrogens is 2. The van der Waals surface area contributed by atoms with E-state index < -0.39 is 5.56 Å². The Morgan fingerprint density at radius 3 is 2.18 bits per heavy atom. The van der Waals surface area contributed by atoms with Crippen LogP contribution in [0.3, 0.4) is 0 Å². The number of carbonyl (C=O) groups excluding carboxylic acids is 1. The number of nitriles is 1. The number of para-hydroxylation sites is 2. The maximum absolute atomic E-state index is 13.0. The summed E-state index contributed by atoms with van der Waals surface area (Å²) in [6.45, 7) is 1.83. The van der Waals surface area contributed by atoms with Gasteiger partial charge in [-0.15, -0.1) is 0 Å². The van der Waals surface area contributed by atoms with Gasteiger partial charge in [0, 0.05) is 11.4 Å². The number of rotatable bonds is 6. The molecule has 0 unspecified atom stereocenters. The fourth-order valence-corrected chi connectivity index (χ4v) is 3.45. The molecule has 3 aromatic rings. The van der Waals surface area contributed by atoms with Crippen molar-refractivity contribution in [3.05, 3.63) is 82.3 Å². The van der Waals surface area contributed by atoms with Crippen molar-refractivity contribution in [1.82, 2.24) is 9.97 Å². The van der Waals surface area contributed by atoms with Crippen molar-refractivity contribution in [3.8, 4) is 6.07 Å². The minimum absolute atomic E-state index is 0.0216. The predicted molar refractivity (Wildman–Crippen MR) is 110 cm³/mol. The fraction of sp³-hybridized carbons (Fsp3) is 0.143. The molecule has 0 aliphatic heterocycles. The molecule has 1 amide bonds. The number of anilines is 2. The molecular formula is C21H18N4O2S. The summed E-state index contributed by atoms with van der Waals surface area (Å²) in [5.41, 5.74) is 1.49. The van der Waals surface area contributed by atoms with Crippen LogP contribution in [0.2, 0.25) is 0 Å². The quantitative estimate of drug-likeness (QED) is 0.512. The number of nitrogens with zero attached hydrogens (tertiary/aromatic N) is 3. The average Bonchev–Trinajstić information content (AvgIpc) is 2.73. The van der Waals surface area contributed by atoms with Gasteiger partial charge in [0.15, 0.2) is 5.16 Å². The summed E-state index contributed by atoms with van der Waals surface area (Å²) in [7, 11) is 0. The van der Waals surface area contributed by atoms with Crippen molar-refractivity contribution in [2.75, 3.05) is 10.7 Å². The topological polar surface area (TPSA) is 89.8 Å². The van der Waals surface area contributed by atoms with E-state index >= 15 is 0 Å². The van der Waals surface area contributed by atoms with Crippen molar-refractivity contribution in [3.63, 3.8) is 0 Å². The highest BCUT2D eigenvalue weighted by molar-refractivity contribution is 7.99. The highest BCUT2D eigenvalue weighted by atomic mass is 32.2. The number of H-pyrrole nitrogens is 1. The number of amides is 1. The Hall–Kier alpha value is -3.37. The molecule has 0 spiro atoms. The molecule has 0 saturated heterocycles. The highest BCUT2D eigenvalue weighted by Gasteiger charge is 2.19. The Bertz CT molecular complexity index is 1020. The van der Waals surface area contributed by atoms with Gasteiger partial charge < -0.3 is 4.98 Å². The zero-order valence-corrected chi connectivity index (χ0v) is 16.1. The molecule has 0 atom stereocenters. The van der Waals surface area contributed by atoms with Crippen LogP contribution >= 0.6 is 11.8 Å². The lowest BCUT2D eigenvalue weighted by Gasteiger charge is -2.22. The molecule has 6 nitrogen and oxygen atoms in total. The zero-order valence-electron chi connectivity index (χ0n) is 15.3. The average molecular weight is 390 g/mol. The Labute approximate surface area is 166 Å². The van der Waals surface area contributed by atoms with E-state index in [1.807, 2.05) is 73.7 Å². The van der Waals surface area contributed by atoms with Crippen LogP contribution < -0.4 is 10.5 Å². The SMILES string of the molecule is CCc1nc(SCC(=O)N(c2ccccc2)c2ccccc2)[nH]c(=O)c1C#N. The van der Waals surface area contributed by atoms with Crippen LogP contribution in [-0.2, 0) is 11.2 Å². The van der Waals surface area contributed by atoms with Gasteiger partial charge >= 0.3 is 0 Å². The van der Waals surface area contributed by atoms with E-state index in [0.29, 0.717) is 17.3 Å². The number of hydrogen-bond acceptors (Lipinski definition) is 5. The highest BCUT2D eigenvalue weighted by Crippen LogP contribution is 2.26. The number of carbonyl (C=O) groups is 1. The van der Waals surface area contributed by atoms with Gasteiger partial charge in [-0.3, -0.25) is 14.5 Å². The number of hydrogen-bond donors (Lipinski definition) is 1. The molecule has 2 aromatic carbocycles. The zero-order chi connectivity index (χ0) is 19.9. The van der Waals surface area contributed by atoms with Crippen molar-refractivity contribution < 1.29 is 4.79 Å². The number of nitrogens with one attached hydrogen (secondary N) is 1. The summed E-state index contributed by atoms with van der Waals surface area (Å²) in [6.07, 6.45) is 0.467. The second-order valence-corrected chi connectivity index (χ2v) is 6.81. The van der Waals surface area contributed by atoms with Gasteiger partial charge in [0.1, 0.15) is 11.6 Å². The van der Waals surface area contributed by atoms with E-state index in [1.165, 1.54) is 0 Å². The molecule has 0 saturated carbocycles. The third kappa shape index (κ3) is 4.30.